The smallest absolute Gasteiger partial charge is 0.339 e. The molecule has 0 saturated carbocycles. The van der Waals surface area contributed by atoms with Crippen molar-refractivity contribution < 1.29 is 24.2 Å². The van der Waals surface area contributed by atoms with Gasteiger partial charge in [-0.3, -0.25) is 4.79 Å². The van der Waals surface area contributed by atoms with E-state index in [9.17, 15) is 14.7 Å². The van der Waals surface area contributed by atoms with Crippen molar-refractivity contribution in [3.05, 3.63) is 59.2 Å². The van der Waals surface area contributed by atoms with Crippen LogP contribution in [0.5, 0.6) is 11.5 Å². The molecule has 0 atom stereocenters. The van der Waals surface area contributed by atoms with E-state index in [2.05, 4.69) is 0 Å². The minimum absolute atomic E-state index is 0.0393. The molecule has 0 saturated heterocycles. The fourth-order valence-corrected chi connectivity index (χ4v) is 2.02. The SMILES string of the molecule is COc1ccccc1COc1ccc(C(C)=O)cc1C(=O)O. The zero-order valence-corrected chi connectivity index (χ0v) is 12.3. The van der Waals surface area contributed by atoms with Crippen LogP contribution in [-0.4, -0.2) is 24.0 Å². The molecule has 2 rings (SSSR count). The molecule has 0 fully saturated rings. The van der Waals surface area contributed by atoms with E-state index in [-0.39, 0.29) is 23.7 Å². The summed E-state index contributed by atoms with van der Waals surface area (Å²) in [6, 6.07) is 11.7. The number of rotatable bonds is 6. The quantitative estimate of drug-likeness (QED) is 0.829. The lowest BCUT2D eigenvalue weighted by Crippen LogP contribution is -2.06. The van der Waals surface area contributed by atoms with E-state index in [0.29, 0.717) is 11.3 Å². The summed E-state index contributed by atoms with van der Waals surface area (Å²) in [5.41, 5.74) is 1.10. The van der Waals surface area contributed by atoms with Gasteiger partial charge in [-0.2, -0.15) is 0 Å². The molecule has 0 aliphatic rings. The number of ketones is 1. The molecule has 5 nitrogen and oxygen atoms in total. The van der Waals surface area contributed by atoms with E-state index < -0.39 is 5.97 Å². The van der Waals surface area contributed by atoms with Crippen LogP contribution in [0.15, 0.2) is 42.5 Å². The van der Waals surface area contributed by atoms with Gasteiger partial charge in [-0.25, -0.2) is 4.79 Å². The Kier molecular flexibility index (Phi) is 4.78. The third kappa shape index (κ3) is 3.44. The number of methoxy groups -OCH3 is 1. The summed E-state index contributed by atoms with van der Waals surface area (Å²) in [7, 11) is 1.56. The number of Topliss-reactive ketones (excluding diaryl/α,β-unsaturated/α-hetero) is 1. The van der Waals surface area contributed by atoms with E-state index in [0.717, 1.165) is 5.56 Å². The first-order valence-electron chi connectivity index (χ1n) is 6.66. The molecule has 114 valence electrons. The summed E-state index contributed by atoms with van der Waals surface area (Å²) < 4.78 is 10.8. The van der Waals surface area contributed by atoms with Crippen LogP contribution in [0.25, 0.3) is 0 Å². The molecule has 2 aromatic carbocycles. The van der Waals surface area contributed by atoms with Crippen molar-refractivity contribution in [2.45, 2.75) is 13.5 Å². The van der Waals surface area contributed by atoms with Gasteiger partial charge in [0.05, 0.1) is 7.11 Å². The van der Waals surface area contributed by atoms with Gasteiger partial charge < -0.3 is 14.6 Å². The van der Waals surface area contributed by atoms with Crippen molar-refractivity contribution in [1.29, 1.82) is 0 Å². The summed E-state index contributed by atoms with van der Waals surface area (Å²) in [5.74, 6) is -0.458. The molecule has 0 amide bonds. The van der Waals surface area contributed by atoms with Gasteiger partial charge in [0.1, 0.15) is 23.7 Å². The second kappa shape index (κ2) is 6.76. The summed E-state index contributed by atoms with van der Waals surface area (Å²) >= 11 is 0. The first-order valence-corrected chi connectivity index (χ1v) is 6.66. The van der Waals surface area contributed by atoms with Gasteiger partial charge in [-0.05, 0) is 31.2 Å². The lowest BCUT2D eigenvalue weighted by Gasteiger charge is -2.12. The minimum Gasteiger partial charge on any atom is -0.496 e. The number of carboxylic acid groups (broad SMARTS) is 1. The van der Waals surface area contributed by atoms with Gasteiger partial charge >= 0.3 is 5.97 Å². The second-order valence-corrected chi connectivity index (χ2v) is 4.67. The molecular weight excluding hydrogens is 284 g/mol. The maximum absolute atomic E-state index is 11.3. The van der Waals surface area contributed by atoms with E-state index in [1.165, 1.54) is 19.1 Å². The molecule has 0 aliphatic carbocycles. The van der Waals surface area contributed by atoms with Crippen molar-refractivity contribution >= 4 is 11.8 Å². The van der Waals surface area contributed by atoms with Gasteiger partial charge in [0, 0.05) is 11.1 Å². The molecule has 0 aromatic heterocycles. The third-order valence-corrected chi connectivity index (χ3v) is 3.19. The zero-order valence-electron chi connectivity index (χ0n) is 12.3. The fraction of sp³-hybridized carbons (Fsp3) is 0.176. The number of carbonyl (C=O) groups is 2. The largest absolute Gasteiger partial charge is 0.496 e. The first kappa shape index (κ1) is 15.6. The highest BCUT2D eigenvalue weighted by Crippen LogP contribution is 2.24. The summed E-state index contributed by atoms with van der Waals surface area (Å²) in [6.45, 7) is 1.56. The molecule has 0 unspecified atom stereocenters. The molecular formula is C17H16O5. The number of para-hydroxylation sites is 1. The number of hydrogen-bond donors (Lipinski definition) is 1. The number of carbonyl (C=O) groups excluding carboxylic acids is 1. The van der Waals surface area contributed by atoms with Crippen LogP contribution in [0.1, 0.15) is 33.2 Å². The van der Waals surface area contributed by atoms with Crippen LogP contribution < -0.4 is 9.47 Å². The van der Waals surface area contributed by atoms with E-state index in [4.69, 9.17) is 9.47 Å². The Morgan fingerprint density at radius 3 is 2.45 bits per heavy atom. The van der Waals surface area contributed by atoms with Crippen molar-refractivity contribution in [2.75, 3.05) is 7.11 Å². The average Bonchev–Trinajstić information content (AvgIpc) is 2.52. The Hall–Kier alpha value is -2.82. The van der Waals surface area contributed by atoms with Gasteiger partial charge in [-0.15, -0.1) is 0 Å². The minimum atomic E-state index is -1.14. The number of ether oxygens (including phenoxy) is 2. The van der Waals surface area contributed by atoms with Crippen molar-refractivity contribution in [1.82, 2.24) is 0 Å². The van der Waals surface area contributed by atoms with Crippen molar-refractivity contribution in [3.63, 3.8) is 0 Å². The standard InChI is InChI=1S/C17H16O5/c1-11(18)12-7-8-16(14(9-12)17(19)20)22-10-13-5-3-4-6-15(13)21-2/h3-9H,10H2,1-2H3,(H,19,20). The molecule has 5 heteroatoms. The van der Waals surface area contributed by atoms with Gasteiger partial charge in [0.2, 0.25) is 0 Å². The molecule has 1 N–H and O–H groups in total. The zero-order chi connectivity index (χ0) is 16.1. The molecule has 0 bridgehead atoms. The van der Waals surface area contributed by atoms with E-state index in [1.54, 1.807) is 19.2 Å². The molecule has 2 aromatic rings. The van der Waals surface area contributed by atoms with Crippen LogP contribution in [-0.2, 0) is 6.61 Å². The topological polar surface area (TPSA) is 72.8 Å². The molecule has 0 aliphatic heterocycles. The van der Waals surface area contributed by atoms with Crippen LogP contribution in [0.3, 0.4) is 0 Å². The number of benzene rings is 2. The van der Waals surface area contributed by atoms with Gasteiger partial charge in [0.25, 0.3) is 0 Å². The van der Waals surface area contributed by atoms with E-state index >= 15 is 0 Å². The number of carboxylic acids is 1. The number of hydrogen-bond acceptors (Lipinski definition) is 4. The Bertz CT molecular complexity index is 706. The highest BCUT2D eigenvalue weighted by atomic mass is 16.5. The molecule has 0 heterocycles. The lowest BCUT2D eigenvalue weighted by molar-refractivity contribution is 0.0691. The monoisotopic (exact) mass is 300 g/mol. The predicted molar refractivity (Wildman–Crippen MR) is 80.7 cm³/mol. The normalized spacial score (nSPS) is 10.1. The maximum Gasteiger partial charge on any atom is 0.339 e. The summed E-state index contributed by atoms with van der Waals surface area (Å²) in [5, 5.41) is 9.25. The van der Waals surface area contributed by atoms with Crippen molar-refractivity contribution in [3.8, 4) is 11.5 Å². The van der Waals surface area contributed by atoms with Gasteiger partial charge in [-0.1, -0.05) is 18.2 Å². The summed E-state index contributed by atoms with van der Waals surface area (Å²) in [4.78, 5) is 22.7. The summed E-state index contributed by atoms with van der Waals surface area (Å²) in [6.07, 6.45) is 0. The van der Waals surface area contributed by atoms with Gasteiger partial charge in [0.15, 0.2) is 5.78 Å². The number of aromatic carboxylic acids is 1. The Balaban J connectivity index is 2.26. The molecule has 22 heavy (non-hydrogen) atoms. The Labute approximate surface area is 128 Å². The van der Waals surface area contributed by atoms with Crippen molar-refractivity contribution in [2.24, 2.45) is 0 Å². The van der Waals surface area contributed by atoms with Crippen LogP contribution in [0, 0.1) is 0 Å². The predicted octanol–water partition coefficient (Wildman–Crippen LogP) is 3.18. The molecule has 0 spiro atoms. The fourth-order valence-electron chi connectivity index (χ4n) is 2.02. The highest BCUT2D eigenvalue weighted by Gasteiger charge is 2.14. The van der Waals surface area contributed by atoms with Crippen LogP contribution in [0.2, 0.25) is 0 Å². The second-order valence-electron chi connectivity index (χ2n) is 4.67. The lowest BCUT2D eigenvalue weighted by atomic mass is 10.1. The average molecular weight is 300 g/mol. The first-order chi connectivity index (χ1) is 10.5. The third-order valence-electron chi connectivity index (χ3n) is 3.19. The highest BCUT2D eigenvalue weighted by molar-refractivity contribution is 5.98. The maximum atomic E-state index is 11.3. The van der Waals surface area contributed by atoms with Crippen LogP contribution >= 0.6 is 0 Å². The molecule has 0 radical (unpaired) electrons. The Morgan fingerprint density at radius 1 is 1.09 bits per heavy atom. The van der Waals surface area contributed by atoms with Crippen LogP contribution in [0.4, 0.5) is 0 Å². The van der Waals surface area contributed by atoms with E-state index in [1.807, 2.05) is 18.2 Å². The Morgan fingerprint density at radius 2 is 1.82 bits per heavy atom.